The first kappa shape index (κ1) is 25.8. The molecule has 1 aromatic rings. The number of hydrogen-bond acceptors (Lipinski definition) is 4. The topological polar surface area (TPSA) is 91.0 Å². The molecule has 1 aromatic carbocycles. The van der Waals surface area contributed by atoms with Gasteiger partial charge in [-0.3, -0.25) is 4.79 Å². The zero-order valence-corrected chi connectivity index (χ0v) is 21.1. The molecular formula is C26H40N4O4. The molecule has 2 fully saturated rings. The van der Waals surface area contributed by atoms with Crippen LogP contribution in [0.5, 0.6) is 0 Å². The Kier molecular flexibility index (Phi) is 8.80. The van der Waals surface area contributed by atoms with Crippen LogP contribution < -0.4 is 10.6 Å². The fraction of sp³-hybridized carbons (Fsp3) is 0.654. The maximum Gasteiger partial charge on any atom is 0.410 e. The zero-order chi connectivity index (χ0) is 24.7. The Morgan fingerprint density at radius 2 is 1.65 bits per heavy atom. The van der Waals surface area contributed by atoms with Gasteiger partial charge in [0.15, 0.2) is 0 Å². The number of benzene rings is 1. The van der Waals surface area contributed by atoms with Gasteiger partial charge in [-0.25, -0.2) is 9.59 Å². The summed E-state index contributed by atoms with van der Waals surface area (Å²) >= 11 is 0. The number of rotatable bonds is 5. The number of urea groups is 1. The van der Waals surface area contributed by atoms with Gasteiger partial charge in [0.05, 0.1) is 0 Å². The van der Waals surface area contributed by atoms with Crippen LogP contribution in [0, 0.1) is 18.8 Å². The number of ether oxygens (including phenoxy) is 1. The predicted molar refractivity (Wildman–Crippen MR) is 133 cm³/mol. The Morgan fingerprint density at radius 1 is 0.971 bits per heavy atom. The highest BCUT2D eigenvalue weighted by Crippen LogP contribution is 2.25. The highest BCUT2D eigenvalue weighted by molar-refractivity contribution is 5.89. The minimum absolute atomic E-state index is 0.185. The summed E-state index contributed by atoms with van der Waals surface area (Å²) in [6.45, 7) is 10.9. The van der Waals surface area contributed by atoms with Crippen molar-refractivity contribution in [2.45, 2.75) is 65.4 Å². The SMILES string of the molecule is Cc1ccc(NC(=O)NCC2CCCN(C(=O)CC3CCN(C(=O)OC(C)(C)C)CC3)C2)cc1. The number of carbonyl (C=O) groups is 3. The van der Waals surface area contributed by atoms with Gasteiger partial charge in [-0.2, -0.15) is 0 Å². The average molecular weight is 473 g/mol. The summed E-state index contributed by atoms with van der Waals surface area (Å²) in [6, 6.07) is 7.47. The van der Waals surface area contributed by atoms with Crippen LogP contribution in [0.25, 0.3) is 0 Å². The maximum absolute atomic E-state index is 12.9. The van der Waals surface area contributed by atoms with Gasteiger partial charge in [0.1, 0.15) is 5.60 Å². The highest BCUT2D eigenvalue weighted by atomic mass is 16.6. The number of carbonyl (C=O) groups excluding carboxylic acids is 3. The lowest BCUT2D eigenvalue weighted by Gasteiger charge is -2.36. The van der Waals surface area contributed by atoms with Crippen molar-refractivity contribution < 1.29 is 19.1 Å². The molecule has 2 N–H and O–H groups in total. The number of nitrogens with one attached hydrogen (secondary N) is 2. The minimum atomic E-state index is -0.495. The molecule has 2 saturated heterocycles. The van der Waals surface area contributed by atoms with Gasteiger partial charge in [0.2, 0.25) is 5.91 Å². The zero-order valence-electron chi connectivity index (χ0n) is 21.1. The monoisotopic (exact) mass is 472 g/mol. The van der Waals surface area contributed by atoms with Crippen molar-refractivity contribution in [1.82, 2.24) is 15.1 Å². The first-order valence-corrected chi connectivity index (χ1v) is 12.5. The molecule has 1 unspecified atom stereocenters. The van der Waals surface area contributed by atoms with Crippen LogP contribution in [-0.2, 0) is 9.53 Å². The minimum Gasteiger partial charge on any atom is -0.444 e. The van der Waals surface area contributed by atoms with Gasteiger partial charge in [0, 0.05) is 44.8 Å². The lowest BCUT2D eigenvalue weighted by molar-refractivity contribution is -0.134. The Morgan fingerprint density at radius 3 is 2.29 bits per heavy atom. The molecule has 3 rings (SSSR count). The number of anilines is 1. The van der Waals surface area contributed by atoms with Crippen LogP contribution in [0.15, 0.2) is 24.3 Å². The number of piperidine rings is 2. The number of nitrogens with zero attached hydrogens (tertiary/aromatic N) is 2. The normalized spacial score (nSPS) is 19.5. The van der Waals surface area contributed by atoms with E-state index < -0.39 is 5.60 Å². The summed E-state index contributed by atoms with van der Waals surface area (Å²) in [6.07, 6.45) is 3.86. The van der Waals surface area contributed by atoms with E-state index in [2.05, 4.69) is 10.6 Å². The van der Waals surface area contributed by atoms with Gasteiger partial charge in [0.25, 0.3) is 0 Å². The fourth-order valence-electron chi connectivity index (χ4n) is 4.53. The lowest BCUT2D eigenvalue weighted by atomic mass is 9.92. The summed E-state index contributed by atoms with van der Waals surface area (Å²) in [5.74, 6) is 0.741. The molecule has 2 heterocycles. The molecule has 4 amide bonds. The number of hydrogen-bond donors (Lipinski definition) is 2. The molecule has 8 nitrogen and oxygen atoms in total. The lowest BCUT2D eigenvalue weighted by Crippen LogP contribution is -2.46. The molecular weight excluding hydrogens is 432 g/mol. The van der Waals surface area contributed by atoms with Gasteiger partial charge in [-0.1, -0.05) is 17.7 Å². The van der Waals surface area contributed by atoms with E-state index in [4.69, 9.17) is 4.74 Å². The number of amides is 4. The second kappa shape index (κ2) is 11.6. The Hall–Kier alpha value is -2.77. The Labute approximate surface area is 203 Å². The van der Waals surface area contributed by atoms with Crippen LogP contribution >= 0.6 is 0 Å². The van der Waals surface area contributed by atoms with Gasteiger partial charge in [-0.05, 0) is 77.3 Å². The van der Waals surface area contributed by atoms with E-state index in [-0.39, 0.29) is 23.9 Å². The molecule has 0 saturated carbocycles. The molecule has 34 heavy (non-hydrogen) atoms. The average Bonchev–Trinajstić information content (AvgIpc) is 2.79. The molecule has 0 bridgehead atoms. The molecule has 188 valence electrons. The molecule has 8 heteroatoms. The van der Waals surface area contributed by atoms with Crippen LogP contribution in [0.1, 0.15) is 58.4 Å². The second-order valence-electron chi connectivity index (χ2n) is 10.7. The molecule has 2 aliphatic heterocycles. The third kappa shape index (κ3) is 8.22. The fourth-order valence-corrected chi connectivity index (χ4v) is 4.53. The summed E-state index contributed by atoms with van der Waals surface area (Å²) in [5.41, 5.74) is 1.41. The molecule has 1 atom stereocenters. The van der Waals surface area contributed by atoms with Crippen LogP contribution in [0.4, 0.5) is 15.3 Å². The summed E-state index contributed by atoms with van der Waals surface area (Å²) in [7, 11) is 0. The highest BCUT2D eigenvalue weighted by Gasteiger charge is 2.30. The predicted octanol–water partition coefficient (Wildman–Crippen LogP) is 4.39. The smallest absolute Gasteiger partial charge is 0.410 e. The molecule has 2 aliphatic rings. The van der Waals surface area contributed by atoms with Crippen LogP contribution in [-0.4, -0.2) is 66.2 Å². The van der Waals surface area contributed by atoms with Crippen molar-refractivity contribution >= 4 is 23.7 Å². The third-order valence-electron chi connectivity index (χ3n) is 6.46. The number of aryl methyl sites for hydroxylation is 1. The Balaban J connectivity index is 1.37. The van der Waals surface area contributed by atoms with E-state index >= 15 is 0 Å². The summed E-state index contributed by atoms with van der Waals surface area (Å²) in [5, 5.41) is 5.80. The van der Waals surface area contributed by atoms with Gasteiger partial charge in [-0.15, -0.1) is 0 Å². The van der Waals surface area contributed by atoms with Crippen molar-refractivity contribution in [3.8, 4) is 0 Å². The van der Waals surface area contributed by atoms with E-state index in [1.54, 1.807) is 4.90 Å². The van der Waals surface area contributed by atoms with Crippen LogP contribution in [0.3, 0.4) is 0 Å². The molecule has 0 aliphatic carbocycles. The van der Waals surface area contributed by atoms with E-state index in [0.29, 0.717) is 38.5 Å². The second-order valence-corrected chi connectivity index (χ2v) is 10.7. The van der Waals surface area contributed by atoms with Crippen molar-refractivity contribution in [2.24, 2.45) is 11.8 Å². The van der Waals surface area contributed by atoms with Gasteiger partial charge >= 0.3 is 12.1 Å². The van der Waals surface area contributed by atoms with Crippen molar-refractivity contribution in [3.63, 3.8) is 0 Å². The van der Waals surface area contributed by atoms with E-state index in [1.165, 1.54) is 0 Å². The van der Waals surface area contributed by atoms with Crippen LogP contribution in [0.2, 0.25) is 0 Å². The van der Waals surface area contributed by atoms with Crippen molar-refractivity contribution in [3.05, 3.63) is 29.8 Å². The summed E-state index contributed by atoms with van der Waals surface area (Å²) in [4.78, 5) is 41.1. The first-order chi connectivity index (χ1) is 16.1. The molecule has 0 radical (unpaired) electrons. The van der Waals surface area contributed by atoms with E-state index in [9.17, 15) is 14.4 Å². The molecule has 0 aromatic heterocycles. The van der Waals surface area contributed by atoms with Crippen molar-refractivity contribution in [1.29, 1.82) is 0 Å². The van der Waals surface area contributed by atoms with Gasteiger partial charge < -0.3 is 25.2 Å². The standard InChI is InChI=1S/C26H40N4O4/c1-19-7-9-22(10-8-19)28-24(32)27-17-21-6-5-13-30(18-21)23(31)16-20-11-14-29(15-12-20)25(33)34-26(2,3)4/h7-10,20-21H,5-6,11-18H2,1-4H3,(H2,27,28,32). The molecule has 0 spiro atoms. The van der Waals surface area contributed by atoms with E-state index in [0.717, 1.165) is 43.5 Å². The largest absolute Gasteiger partial charge is 0.444 e. The first-order valence-electron chi connectivity index (χ1n) is 12.5. The Bertz CT molecular complexity index is 841. The third-order valence-corrected chi connectivity index (χ3v) is 6.46. The van der Waals surface area contributed by atoms with Crippen molar-refractivity contribution in [2.75, 3.05) is 38.0 Å². The summed E-state index contributed by atoms with van der Waals surface area (Å²) < 4.78 is 5.46. The van der Waals surface area contributed by atoms with E-state index in [1.807, 2.05) is 56.9 Å². The maximum atomic E-state index is 12.9. The number of likely N-dealkylation sites (tertiary alicyclic amines) is 2. The quantitative estimate of drug-likeness (QED) is 0.665.